The molecule has 2 nitrogen and oxygen atoms in total. The molecule has 2 N–H and O–H groups in total. The maximum absolute atomic E-state index is 3.13. The van der Waals surface area contributed by atoms with Gasteiger partial charge in [0.05, 0.1) is 0 Å². The molecule has 0 spiro atoms. The van der Waals surface area contributed by atoms with E-state index in [1.165, 1.54) is 23.7 Å². The third kappa shape index (κ3) is 10.6. The number of nitrogens with one attached hydrogen (secondary N) is 2. The van der Waals surface area contributed by atoms with E-state index in [-0.39, 0.29) is 0 Å². The summed E-state index contributed by atoms with van der Waals surface area (Å²) in [6, 6.07) is 0. The minimum absolute atomic E-state index is 1.13. The summed E-state index contributed by atoms with van der Waals surface area (Å²) in [6.45, 7) is 1.13. The molecule has 0 atom stereocenters. The van der Waals surface area contributed by atoms with Gasteiger partial charge in [0.2, 0.25) is 0 Å². The summed E-state index contributed by atoms with van der Waals surface area (Å²) in [5.74, 6) is 3.75. The van der Waals surface area contributed by atoms with Crippen molar-refractivity contribution in [3.63, 3.8) is 0 Å². The lowest BCUT2D eigenvalue weighted by Crippen LogP contribution is -2.10. The van der Waals surface area contributed by atoms with Gasteiger partial charge in [-0.15, -0.1) is 0 Å². The number of thioether (sulfide) groups is 1. The summed E-state index contributed by atoms with van der Waals surface area (Å²) in [7, 11) is 3.97. The Balaban J connectivity index is 2.69. The van der Waals surface area contributed by atoms with Crippen LogP contribution in [0.15, 0.2) is 0 Å². The highest BCUT2D eigenvalue weighted by Crippen LogP contribution is 2.04. The van der Waals surface area contributed by atoms with E-state index in [0.717, 1.165) is 6.54 Å². The van der Waals surface area contributed by atoms with Crippen LogP contribution < -0.4 is 10.0 Å². The highest BCUT2D eigenvalue weighted by atomic mass is 32.2. The molecule has 0 unspecified atom stereocenters. The Labute approximate surface area is 78.4 Å². The molecule has 4 heteroatoms. The lowest BCUT2D eigenvalue weighted by Gasteiger charge is -2.00. The van der Waals surface area contributed by atoms with Gasteiger partial charge in [0.15, 0.2) is 0 Å². The van der Waals surface area contributed by atoms with Crippen LogP contribution in [0.5, 0.6) is 0 Å². The third-order valence-electron chi connectivity index (χ3n) is 1.18. The molecule has 0 rings (SSSR count). The van der Waals surface area contributed by atoms with Gasteiger partial charge >= 0.3 is 0 Å². The summed E-state index contributed by atoms with van der Waals surface area (Å²) < 4.78 is 3.06. The van der Waals surface area contributed by atoms with Crippen LogP contribution in [0, 0.1) is 0 Å². The zero-order valence-electron chi connectivity index (χ0n) is 7.35. The minimum atomic E-state index is 1.13. The van der Waals surface area contributed by atoms with E-state index in [2.05, 4.69) is 10.0 Å². The quantitative estimate of drug-likeness (QED) is 0.448. The number of rotatable bonds is 8. The molecular weight excluding hydrogens is 176 g/mol. The molecule has 0 aliphatic rings. The van der Waals surface area contributed by atoms with Gasteiger partial charge in [-0.1, -0.05) is 11.9 Å². The molecule has 0 aliphatic carbocycles. The van der Waals surface area contributed by atoms with Crippen LogP contribution in [0.3, 0.4) is 0 Å². The molecule has 68 valence electrons. The molecule has 0 aromatic carbocycles. The van der Waals surface area contributed by atoms with Gasteiger partial charge in [-0.25, -0.2) is 0 Å². The maximum atomic E-state index is 3.13. The fourth-order valence-electron chi connectivity index (χ4n) is 0.612. The Morgan fingerprint density at radius 3 is 2.55 bits per heavy atom. The predicted molar refractivity (Wildman–Crippen MR) is 57.4 cm³/mol. The van der Waals surface area contributed by atoms with Crippen molar-refractivity contribution in [2.24, 2.45) is 0 Å². The molecule has 11 heavy (non-hydrogen) atoms. The van der Waals surface area contributed by atoms with E-state index in [1.807, 2.05) is 25.9 Å². The molecule has 0 bridgehead atoms. The van der Waals surface area contributed by atoms with Gasteiger partial charge in [-0.05, 0) is 26.3 Å². The molecule has 0 aromatic rings. The van der Waals surface area contributed by atoms with E-state index >= 15 is 0 Å². The van der Waals surface area contributed by atoms with Crippen LogP contribution in [0.1, 0.15) is 6.42 Å². The van der Waals surface area contributed by atoms with Crippen molar-refractivity contribution < 1.29 is 0 Å². The van der Waals surface area contributed by atoms with Crippen LogP contribution in [-0.4, -0.2) is 37.9 Å². The van der Waals surface area contributed by atoms with Gasteiger partial charge in [0.25, 0.3) is 0 Å². The third-order valence-corrected chi connectivity index (χ3v) is 3.03. The molecule has 0 amide bonds. The molecule has 0 fully saturated rings. The maximum Gasteiger partial charge on any atom is 0.00863 e. The first-order valence-electron chi connectivity index (χ1n) is 3.92. The van der Waals surface area contributed by atoms with Crippen molar-refractivity contribution in [1.29, 1.82) is 0 Å². The van der Waals surface area contributed by atoms with Crippen molar-refractivity contribution in [2.75, 3.05) is 37.9 Å². The average molecular weight is 194 g/mol. The molecule has 0 saturated heterocycles. The smallest absolute Gasteiger partial charge is 0.00863 e. The zero-order valence-corrected chi connectivity index (χ0v) is 8.99. The molecular formula is C7H18N2S2. The Hall–Kier alpha value is 0.620. The highest BCUT2D eigenvalue weighted by molar-refractivity contribution is 7.99. The van der Waals surface area contributed by atoms with Crippen LogP contribution in [0.25, 0.3) is 0 Å². The van der Waals surface area contributed by atoms with E-state index in [4.69, 9.17) is 0 Å². The first kappa shape index (κ1) is 11.6. The number of hydrogen-bond donors (Lipinski definition) is 2. The molecule has 0 radical (unpaired) electrons. The van der Waals surface area contributed by atoms with Gasteiger partial charge in [0, 0.05) is 18.1 Å². The van der Waals surface area contributed by atoms with Gasteiger partial charge in [-0.2, -0.15) is 11.8 Å². The van der Waals surface area contributed by atoms with E-state index in [9.17, 15) is 0 Å². The normalized spacial score (nSPS) is 10.4. The fourth-order valence-corrected chi connectivity index (χ4v) is 2.19. The zero-order chi connectivity index (χ0) is 8.36. The highest BCUT2D eigenvalue weighted by Gasteiger charge is 1.88. The summed E-state index contributed by atoms with van der Waals surface area (Å²) in [5, 5.41) is 3.13. The fraction of sp³-hybridized carbons (Fsp3) is 1.00. The van der Waals surface area contributed by atoms with Gasteiger partial charge in [0.1, 0.15) is 0 Å². The molecule has 0 aliphatic heterocycles. The van der Waals surface area contributed by atoms with Crippen molar-refractivity contribution in [1.82, 2.24) is 10.0 Å². The second-order valence-corrected chi connectivity index (χ2v) is 4.45. The van der Waals surface area contributed by atoms with Crippen molar-refractivity contribution in [3.05, 3.63) is 0 Å². The minimum Gasteiger partial charge on any atom is -0.319 e. The summed E-state index contributed by atoms with van der Waals surface area (Å²) >= 11 is 3.82. The summed E-state index contributed by atoms with van der Waals surface area (Å²) in [4.78, 5) is 0. The summed E-state index contributed by atoms with van der Waals surface area (Å²) in [6.07, 6.45) is 1.31. The van der Waals surface area contributed by atoms with E-state index in [1.54, 1.807) is 11.9 Å². The van der Waals surface area contributed by atoms with Crippen molar-refractivity contribution in [3.8, 4) is 0 Å². The SMILES string of the molecule is CNCCSCCCSNC. The largest absolute Gasteiger partial charge is 0.319 e. The second-order valence-electron chi connectivity index (χ2n) is 2.12. The predicted octanol–water partition coefficient (Wildman–Crippen LogP) is 1.20. The van der Waals surface area contributed by atoms with Gasteiger partial charge in [-0.3, -0.25) is 4.72 Å². The van der Waals surface area contributed by atoms with Crippen LogP contribution in [0.2, 0.25) is 0 Å². The lowest BCUT2D eigenvalue weighted by molar-refractivity contribution is 0.871. The van der Waals surface area contributed by atoms with Gasteiger partial charge < -0.3 is 5.32 Å². The standard InChI is InChI=1S/C7H18N2S2/c1-8-4-7-10-5-3-6-11-9-2/h8-9H,3-7H2,1-2H3. The lowest BCUT2D eigenvalue weighted by atomic mass is 10.6. The first-order chi connectivity index (χ1) is 5.41. The van der Waals surface area contributed by atoms with E-state index < -0.39 is 0 Å². The average Bonchev–Trinajstić information content (AvgIpc) is 2.03. The van der Waals surface area contributed by atoms with Crippen molar-refractivity contribution in [2.45, 2.75) is 6.42 Å². The molecule has 0 saturated carbocycles. The Morgan fingerprint density at radius 2 is 1.91 bits per heavy atom. The van der Waals surface area contributed by atoms with Crippen LogP contribution >= 0.6 is 23.7 Å². The van der Waals surface area contributed by atoms with E-state index in [0.29, 0.717) is 0 Å². The van der Waals surface area contributed by atoms with Crippen molar-refractivity contribution >= 4 is 23.7 Å². The summed E-state index contributed by atoms with van der Waals surface area (Å²) in [5.41, 5.74) is 0. The topological polar surface area (TPSA) is 24.1 Å². The van der Waals surface area contributed by atoms with Crippen LogP contribution in [0.4, 0.5) is 0 Å². The molecule has 0 aromatic heterocycles. The Kier molecular flexibility index (Phi) is 11.2. The monoisotopic (exact) mass is 194 g/mol. The molecule has 0 heterocycles. The van der Waals surface area contributed by atoms with Crippen LogP contribution in [-0.2, 0) is 0 Å². The first-order valence-corrected chi connectivity index (χ1v) is 6.06. The Bertz CT molecular complexity index is 63.5. The Morgan fingerprint density at radius 1 is 1.09 bits per heavy atom. The number of hydrogen-bond acceptors (Lipinski definition) is 4. The second kappa shape index (κ2) is 10.6.